The van der Waals surface area contributed by atoms with Crippen LogP contribution in [0.3, 0.4) is 0 Å². The van der Waals surface area contributed by atoms with Crippen LogP contribution in [0.25, 0.3) is 0 Å². The Kier molecular flexibility index (Phi) is 6.73. The Hall–Kier alpha value is -0.853. The highest BCUT2D eigenvalue weighted by atomic mass is 28.4. The van der Waals surface area contributed by atoms with Crippen molar-refractivity contribution in [3.8, 4) is 0 Å². The fourth-order valence-corrected chi connectivity index (χ4v) is 10.3. The van der Waals surface area contributed by atoms with Gasteiger partial charge in [-0.15, -0.1) is 0 Å². The van der Waals surface area contributed by atoms with E-state index < -0.39 is 14.4 Å². The number of amides is 1. The molecule has 0 aromatic carbocycles. The number of hydrogen-bond acceptors (Lipinski definition) is 4. The summed E-state index contributed by atoms with van der Waals surface area (Å²) in [4.78, 5) is 13.7. The van der Waals surface area contributed by atoms with Crippen molar-refractivity contribution in [1.29, 1.82) is 0 Å². The molecule has 1 fully saturated rings. The largest absolute Gasteiger partial charge is 0.447 e. The summed E-state index contributed by atoms with van der Waals surface area (Å²) < 4.78 is 11.7. The van der Waals surface area contributed by atoms with Gasteiger partial charge in [0.1, 0.15) is 6.61 Å². The molecule has 2 aliphatic rings. The zero-order valence-electron chi connectivity index (χ0n) is 16.6. The molecule has 5 nitrogen and oxygen atoms in total. The number of carbonyl (C=O) groups excluding carboxylic acids is 1. The van der Waals surface area contributed by atoms with Gasteiger partial charge in [0.2, 0.25) is 0 Å². The second-order valence-corrected chi connectivity index (χ2v) is 13.8. The number of nitrogens with zero attached hydrogens (tertiary/aromatic N) is 1. The molecule has 0 aliphatic carbocycles. The number of ether oxygens (including phenoxy) is 1. The highest BCUT2D eigenvalue weighted by molar-refractivity contribution is 6.77. The summed E-state index contributed by atoms with van der Waals surface area (Å²) in [6.45, 7) is 14.8. The van der Waals surface area contributed by atoms with Gasteiger partial charge >= 0.3 is 6.09 Å². The molecule has 6 heteroatoms. The number of rotatable bonds is 8. The molecule has 0 saturated carbocycles. The molecule has 1 saturated heterocycles. The monoisotopic (exact) mass is 369 g/mol. The minimum absolute atomic E-state index is 0.0149. The topological polar surface area (TPSA) is 59.0 Å². The third-order valence-electron chi connectivity index (χ3n) is 5.81. The molecule has 25 heavy (non-hydrogen) atoms. The highest BCUT2D eigenvalue weighted by Crippen LogP contribution is 2.42. The normalized spacial score (nSPS) is 24.2. The van der Waals surface area contributed by atoms with E-state index in [2.05, 4.69) is 41.5 Å². The van der Waals surface area contributed by atoms with E-state index in [0.717, 1.165) is 18.5 Å². The molecule has 0 unspecified atom stereocenters. The van der Waals surface area contributed by atoms with E-state index in [1.54, 1.807) is 11.0 Å². The van der Waals surface area contributed by atoms with Gasteiger partial charge in [-0.1, -0.05) is 41.5 Å². The minimum Gasteiger partial charge on any atom is -0.447 e. The fraction of sp³-hybridized carbons (Fsp3) is 0.842. The highest BCUT2D eigenvalue weighted by Gasteiger charge is 2.45. The molecular weight excluding hydrogens is 334 g/mol. The number of fused-ring (bicyclic) bond motifs is 1. The van der Waals surface area contributed by atoms with E-state index in [1.807, 2.05) is 0 Å². The molecule has 144 valence electrons. The second kappa shape index (κ2) is 8.23. The summed E-state index contributed by atoms with van der Waals surface area (Å²) in [6.07, 6.45) is 3.20. The molecule has 0 spiro atoms. The lowest BCUT2D eigenvalue weighted by Crippen LogP contribution is -2.48. The maximum absolute atomic E-state index is 11.9. The van der Waals surface area contributed by atoms with Gasteiger partial charge in [-0.05, 0) is 35.5 Å². The van der Waals surface area contributed by atoms with Crippen molar-refractivity contribution in [1.82, 2.24) is 4.90 Å². The van der Waals surface area contributed by atoms with Crippen molar-refractivity contribution in [3.05, 3.63) is 11.8 Å². The van der Waals surface area contributed by atoms with Gasteiger partial charge in [0.05, 0.1) is 12.1 Å². The van der Waals surface area contributed by atoms with Crippen LogP contribution in [0.2, 0.25) is 16.6 Å². The second-order valence-electron chi connectivity index (χ2n) is 8.33. The predicted molar refractivity (Wildman–Crippen MR) is 102 cm³/mol. The van der Waals surface area contributed by atoms with E-state index in [9.17, 15) is 9.90 Å². The van der Waals surface area contributed by atoms with Crippen molar-refractivity contribution in [2.45, 2.75) is 89.6 Å². The van der Waals surface area contributed by atoms with Gasteiger partial charge in [0.15, 0.2) is 8.32 Å². The molecule has 1 N–H and O–H groups in total. The summed E-state index contributed by atoms with van der Waals surface area (Å²) in [5, 5.41) is 10.0. The average Bonchev–Trinajstić information content (AvgIpc) is 2.87. The first-order valence-electron chi connectivity index (χ1n) is 9.68. The minimum atomic E-state index is -1.84. The molecular formula is C19H35NO4Si. The Bertz CT molecular complexity index is 482. The Labute approximate surface area is 153 Å². The first kappa shape index (κ1) is 20.5. The maximum atomic E-state index is 11.9. The first-order chi connectivity index (χ1) is 11.7. The molecule has 0 aromatic heterocycles. The molecule has 2 heterocycles. The zero-order chi connectivity index (χ0) is 18.8. The number of cyclic esters (lactones) is 1. The third-order valence-corrected chi connectivity index (χ3v) is 11.9. The van der Waals surface area contributed by atoms with E-state index in [1.165, 1.54) is 0 Å². The Balaban J connectivity index is 1.96. The molecule has 2 aliphatic heterocycles. The van der Waals surface area contributed by atoms with Crippen LogP contribution in [0.5, 0.6) is 0 Å². The summed E-state index contributed by atoms with van der Waals surface area (Å²) >= 11 is 0. The quantitative estimate of drug-likeness (QED) is 0.508. The van der Waals surface area contributed by atoms with Gasteiger partial charge in [-0.3, -0.25) is 4.90 Å². The molecule has 1 amide bonds. The number of hydrogen-bond donors (Lipinski definition) is 1. The van der Waals surface area contributed by atoms with Gasteiger partial charge in [0, 0.05) is 18.7 Å². The van der Waals surface area contributed by atoms with E-state index in [4.69, 9.17) is 9.16 Å². The molecule has 2 atom stereocenters. The SMILES string of the molecule is CC(C)[Si](OCCCC1=C[C@@H](O)C[C@@H]2COC(=O)N12)(C(C)C)C(C)C. The number of carbonyl (C=O) groups is 1. The van der Waals surface area contributed by atoms with Crippen LogP contribution in [0, 0.1) is 0 Å². The van der Waals surface area contributed by atoms with Crippen molar-refractivity contribution >= 4 is 14.4 Å². The van der Waals surface area contributed by atoms with Crippen LogP contribution >= 0.6 is 0 Å². The lowest BCUT2D eigenvalue weighted by atomic mass is 10.0. The summed E-state index contributed by atoms with van der Waals surface area (Å²) in [7, 11) is -1.84. The first-order valence-corrected chi connectivity index (χ1v) is 11.8. The van der Waals surface area contributed by atoms with Gasteiger partial charge in [-0.2, -0.15) is 0 Å². The van der Waals surface area contributed by atoms with Crippen molar-refractivity contribution in [2.75, 3.05) is 13.2 Å². The lowest BCUT2D eigenvalue weighted by molar-refractivity contribution is 0.148. The van der Waals surface area contributed by atoms with Crippen LogP contribution in [-0.4, -0.2) is 49.8 Å². The average molecular weight is 370 g/mol. The summed E-state index contributed by atoms with van der Waals surface area (Å²) in [5.74, 6) is 0. The fourth-order valence-electron chi connectivity index (χ4n) is 4.84. The molecule has 2 rings (SSSR count). The predicted octanol–water partition coefficient (Wildman–Crippen LogP) is 4.43. The van der Waals surface area contributed by atoms with Gasteiger partial charge < -0.3 is 14.3 Å². The number of aliphatic hydroxyl groups is 1. The van der Waals surface area contributed by atoms with Crippen LogP contribution in [0.4, 0.5) is 4.79 Å². The molecule has 0 bridgehead atoms. The van der Waals surface area contributed by atoms with Crippen molar-refractivity contribution in [2.24, 2.45) is 0 Å². The number of aliphatic hydroxyl groups excluding tert-OH is 1. The molecule has 0 radical (unpaired) electrons. The lowest BCUT2D eigenvalue weighted by Gasteiger charge is -2.42. The Morgan fingerprint density at radius 1 is 1.24 bits per heavy atom. The summed E-state index contributed by atoms with van der Waals surface area (Å²) in [6, 6.07) is -0.0149. The van der Waals surface area contributed by atoms with E-state index >= 15 is 0 Å². The van der Waals surface area contributed by atoms with Gasteiger partial charge in [-0.25, -0.2) is 4.79 Å². The Morgan fingerprint density at radius 3 is 2.40 bits per heavy atom. The van der Waals surface area contributed by atoms with Crippen LogP contribution in [0.15, 0.2) is 11.8 Å². The molecule has 0 aromatic rings. The standard InChI is InChI=1S/C19H35NO4Si/c1-13(2)25(14(3)4,15(5)6)24-9-7-8-16-10-18(21)11-17-12-23-19(22)20(16)17/h10,13-15,17-18,21H,7-9,11-12H2,1-6H3/t17-,18-/m1/s1. The number of allylic oxidation sites excluding steroid dienone is 1. The Morgan fingerprint density at radius 2 is 1.84 bits per heavy atom. The van der Waals surface area contributed by atoms with Crippen LogP contribution in [-0.2, 0) is 9.16 Å². The van der Waals surface area contributed by atoms with Crippen molar-refractivity contribution in [3.63, 3.8) is 0 Å². The summed E-state index contributed by atoms with van der Waals surface area (Å²) in [5.41, 5.74) is 2.60. The van der Waals surface area contributed by atoms with Crippen LogP contribution < -0.4 is 0 Å². The smallest absolute Gasteiger partial charge is 0.414 e. The van der Waals surface area contributed by atoms with Crippen molar-refractivity contribution < 1.29 is 19.1 Å². The zero-order valence-corrected chi connectivity index (χ0v) is 17.6. The van der Waals surface area contributed by atoms with E-state index in [0.29, 0.717) is 36.3 Å². The van der Waals surface area contributed by atoms with E-state index in [-0.39, 0.29) is 12.1 Å². The van der Waals surface area contributed by atoms with Gasteiger partial charge in [0.25, 0.3) is 0 Å². The third kappa shape index (κ3) is 4.12. The van der Waals surface area contributed by atoms with Crippen LogP contribution in [0.1, 0.15) is 60.8 Å². The maximum Gasteiger partial charge on any atom is 0.414 e.